The van der Waals surface area contributed by atoms with Crippen molar-refractivity contribution in [1.29, 1.82) is 0 Å². The molecule has 1 aromatic rings. The molecule has 0 aliphatic heterocycles. The molecular weight excluding hydrogens is 330 g/mol. The van der Waals surface area contributed by atoms with E-state index in [1.807, 2.05) is 0 Å². The van der Waals surface area contributed by atoms with Crippen LogP contribution in [0, 0.1) is 6.92 Å². The number of hydrogen-bond donors (Lipinski definition) is 1. The second kappa shape index (κ2) is 9.16. The molecule has 1 rings (SSSR count). The SMILES string of the molecule is CCC(OC(=O)COc1ccc(Cl)cc1C)P(=O)([O-])O.[Na+]. The van der Waals surface area contributed by atoms with Gasteiger partial charge in [0, 0.05) is 5.02 Å². The molecule has 0 spiro atoms. The number of esters is 1. The van der Waals surface area contributed by atoms with Crippen LogP contribution in [-0.4, -0.2) is 23.3 Å². The molecule has 2 unspecified atom stereocenters. The summed E-state index contributed by atoms with van der Waals surface area (Å²) in [5.41, 5.74) is 0.731. The van der Waals surface area contributed by atoms with Crippen LogP contribution >= 0.6 is 19.2 Å². The first kappa shape index (κ1) is 20.9. The summed E-state index contributed by atoms with van der Waals surface area (Å²) in [5.74, 6) is -1.99. The second-order valence-electron chi connectivity index (χ2n) is 4.12. The number of ether oxygens (including phenoxy) is 2. The zero-order chi connectivity index (χ0) is 15.3. The van der Waals surface area contributed by atoms with Gasteiger partial charge in [-0.1, -0.05) is 18.5 Å². The van der Waals surface area contributed by atoms with E-state index in [0.29, 0.717) is 10.8 Å². The second-order valence-corrected chi connectivity index (χ2v) is 6.26. The van der Waals surface area contributed by atoms with E-state index in [1.165, 1.54) is 6.92 Å². The van der Waals surface area contributed by atoms with Gasteiger partial charge in [0.05, 0.1) is 0 Å². The maximum atomic E-state index is 11.5. The first-order valence-electron chi connectivity index (χ1n) is 5.86. The summed E-state index contributed by atoms with van der Waals surface area (Å²) in [5, 5.41) is 0.538. The van der Waals surface area contributed by atoms with Crippen molar-refractivity contribution in [3.63, 3.8) is 0 Å². The molecule has 1 aromatic carbocycles. The topological polar surface area (TPSA) is 95.9 Å². The smallest absolute Gasteiger partial charge is 0.776 e. The zero-order valence-electron chi connectivity index (χ0n) is 12.0. The van der Waals surface area contributed by atoms with Gasteiger partial charge in [0.2, 0.25) is 0 Å². The van der Waals surface area contributed by atoms with Gasteiger partial charge in [-0.05, 0) is 37.1 Å². The number of carbonyl (C=O) groups excluding carboxylic acids is 1. The zero-order valence-corrected chi connectivity index (χ0v) is 15.7. The molecule has 0 heterocycles. The van der Waals surface area contributed by atoms with Crippen LogP contribution in [0.15, 0.2) is 18.2 Å². The molecule has 0 saturated carbocycles. The number of halogens is 1. The van der Waals surface area contributed by atoms with Gasteiger partial charge in [-0.25, -0.2) is 4.79 Å². The van der Waals surface area contributed by atoms with Gasteiger partial charge in [-0.2, -0.15) is 0 Å². The van der Waals surface area contributed by atoms with Gasteiger partial charge >= 0.3 is 35.5 Å². The Bertz CT molecular complexity index is 532. The molecule has 1 N–H and O–H groups in total. The monoisotopic (exact) mass is 344 g/mol. The van der Waals surface area contributed by atoms with Crippen molar-refractivity contribution in [3.05, 3.63) is 28.8 Å². The van der Waals surface area contributed by atoms with E-state index in [0.717, 1.165) is 5.56 Å². The van der Waals surface area contributed by atoms with Gasteiger partial charge in [0.15, 0.2) is 20.0 Å². The van der Waals surface area contributed by atoms with Crippen molar-refractivity contribution < 1.29 is 58.2 Å². The van der Waals surface area contributed by atoms with Crippen molar-refractivity contribution in [1.82, 2.24) is 0 Å². The third kappa shape index (κ3) is 7.15. The van der Waals surface area contributed by atoms with Crippen molar-refractivity contribution >= 4 is 25.2 Å². The fraction of sp³-hybridized carbons (Fsp3) is 0.417. The van der Waals surface area contributed by atoms with Crippen molar-refractivity contribution in [2.75, 3.05) is 6.61 Å². The Labute approximate surface area is 150 Å². The number of carbonyl (C=O) groups is 1. The fourth-order valence-corrected chi connectivity index (χ4v) is 2.42. The predicted octanol–water partition coefficient (Wildman–Crippen LogP) is -1.14. The minimum absolute atomic E-state index is 0. The van der Waals surface area contributed by atoms with E-state index in [1.54, 1.807) is 25.1 Å². The number of rotatable bonds is 6. The first-order chi connectivity index (χ1) is 9.24. The van der Waals surface area contributed by atoms with E-state index < -0.39 is 26.0 Å². The number of hydrogen-bond acceptors (Lipinski definition) is 5. The maximum Gasteiger partial charge on any atom is 1.00 e. The van der Waals surface area contributed by atoms with Gasteiger partial charge in [-0.3, -0.25) is 0 Å². The molecule has 112 valence electrons. The van der Waals surface area contributed by atoms with Gasteiger partial charge in [-0.15, -0.1) is 0 Å². The molecule has 0 aromatic heterocycles. The van der Waals surface area contributed by atoms with Crippen LogP contribution in [0.3, 0.4) is 0 Å². The first-order valence-corrected chi connectivity index (χ1v) is 7.88. The van der Waals surface area contributed by atoms with E-state index in [2.05, 4.69) is 4.74 Å². The molecule has 0 bridgehead atoms. The summed E-state index contributed by atoms with van der Waals surface area (Å²) in [6, 6.07) is 4.85. The van der Waals surface area contributed by atoms with E-state index >= 15 is 0 Å². The normalized spacial score (nSPS) is 14.5. The van der Waals surface area contributed by atoms with Crippen LogP contribution < -0.4 is 39.2 Å². The van der Waals surface area contributed by atoms with Crippen LogP contribution in [0.1, 0.15) is 18.9 Å². The Morgan fingerprint density at radius 1 is 1.52 bits per heavy atom. The maximum absolute atomic E-state index is 11.5. The Kier molecular flexibility index (Phi) is 9.12. The van der Waals surface area contributed by atoms with Crippen LogP contribution in [0.5, 0.6) is 5.75 Å². The third-order valence-corrected chi connectivity index (χ3v) is 3.90. The van der Waals surface area contributed by atoms with Gasteiger partial charge in [0.25, 0.3) is 0 Å². The van der Waals surface area contributed by atoms with Crippen molar-refractivity contribution in [3.8, 4) is 5.75 Å². The molecule has 0 aliphatic carbocycles. The Balaban J connectivity index is 0.00000400. The van der Waals surface area contributed by atoms with E-state index in [4.69, 9.17) is 21.2 Å². The van der Waals surface area contributed by atoms with Crippen LogP contribution in [-0.2, 0) is 14.1 Å². The molecule has 0 radical (unpaired) electrons. The van der Waals surface area contributed by atoms with Crippen LogP contribution in [0.25, 0.3) is 0 Å². The van der Waals surface area contributed by atoms with Crippen LogP contribution in [0.2, 0.25) is 5.02 Å². The van der Waals surface area contributed by atoms with E-state index in [-0.39, 0.29) is 36.0 Å². The van der Waals surface area contributed by atoms with Crippen molar-refractivity contribution in [2.45, 2.75) is 26.1 Å². The van der Waals surface area contributed by atoms with Crippen molar-refractivity contribution in [2.24, 2.45) is 0 Å². The molecule has 2 atom stereocenters. The summed E-state index contributed by atoms with van der Waals surface area (Å²) in [6.45, 7) is 2.77. The summed E-state index contributed by atoms with van der Waals surface area (Å²) in [6.07, 6.45) is -0.0387. The van der Waals surface area contributed by atoms with Gasteiger partial charge in [0.1, 0.15) is 5.75 Å². The molecular formula is C12H15ClNaO6P. The Morgan fingerprint density at radius 2 is 2.14 bits per heavy atom. The molecule has 0 amide bonds. The Morgan fingerprint density at radius 3 is 2.62 bits per heavy atom. The van der Waals surface area contributed by atoms with Crippen LogP contribution in [0.4, 0.5) is 0 Å². The molecule has 21 heavy (non-hydrogen) atoms. The standard InChI is InChI=1S/C12H16ClO6P.Na/c1-3-12(20(15,16)17)19-11(14)7-18-10-5-4-9(13)6-8(10)2;/h4-6,12H,3,7H2,1-2H3,(H2,15,16,17);/q;+1/p-1. The number of aryl methyl sites for hydroxylation is 1. The Hall–Kier alpha value is -0.0700. The summed E-state index contributed by atoms with van der Waals surface area (Å²) >= 11 is 5.78. The average molecular weight is 345 g/mol. The molecule has 9 heteroatoms. The minimum atomic E-state index is -4.71. The summed E-state index contributed by atoms with van der Waals surface area (Å²) in [4.78, 5) is 31.2. The molecule has 0 aliphatic rings. The quantitative estimate of drug-likeness (QED) is 0.398. The fourth-order valence-electron chi connectivity index (χ4n) is 1.48. The largest absolute Gasteiger partial charge is 1.00 e. The molecule has 0 saturated heterocycles. The third-order valence-electron chi connectivity index (χ3n) is 2.46. The van der Waals surface area contributed by atoms with Gasteiger partial charge < -0.3 is 23.8 Å². The summed E-state index contributed by atoms with van der Waals surface area (Å²) in [7, 11) is -4.71. The van der Waals surface area contributed by atoms with E-state index in [9.17, 15) is 14.3 Å². The summed E-state index contributed by atoms with van der Waals surface area (Å²) < 4.78 is 20.8. The molecule has 6 nitrogen and oxygen atoms in total. The number of benzene rings is 1. The molecule has 0 fully saturated rings. The average Bonchev–Trinajstić information content (AvgIpc) is 2.33. The minimum Gasteiger partial charge on any atom is -0.776 e. The predicted molar refractivity (Wildman–Crippen MR) is 71.7 cm³/mol.